The number of ether oxygens (including phenoxy) is 3. The van der Waals surface area contributed by atoms with Crippen LogP contribution in [0, 0.1) is 17.3 Å². The Morgan fingerprint density at radius 1 is 1.06 bits per heavy atom. The molecule has 2 unspecified atom stereocenters. The third-order valence-electron chi connectivity index (χ3n) is 5.68. The Labute approximate surface area is 191 Å². The Bertz CT molecular complexity index is 679. The van der Waals surface area contributed by atoms with Gasteiger partial charge >= 0.3 is 11.9 Å². The van der Waals surface area contributed by atoms with Crippen molar-refractivity contribution < 1.29 is 28.6 Å². The molecule has 182 valence electrons. The number of nitrogens with two attached hydrogens (primary N) is 1. The zero-order valence-electron chi connectivity index (χ0n) is 20.2. The number of esters is 2. The van der Waals surface area contributed by atoms with Crippen LogP contribution in [0.1, 0.15) is 53.9 Å². The lowest BCUT2D eigenvalue weighted by Crippen LogP contribution is -2.58. The Morgan fingerprint density at radius 3 is 2.06 bits per heavy atom. The first-order chi connectivity index (χ1) is 14.8. The number of amides is 1. The van der Waals surface area contributed by atoms with E-state index < -0.39 is 23.5 Å². The van der Waals surface area contributed by atoms with Gasteiger partial charge in [0.1, 0.15) is 5.60 Å². The van der Waals surface area contributed by atoms with Crippen molar-refractivity contribution in [2.75, 3.05) is 26.4 Å². The molecular weight excluding hydrogens is 412 g/mol. The zero-order valence-corrected chi connectivity index (χ0v) is 20.2. The summed E-state index contributed by atoms with van der Waals surface area (Å²) in [5.41, 5.74) is 4.48. The van der Waals surface area contributed by atoms with E-state index in [0.29, 0.717) is 12.5 Å². The highest BCUT2D eigenvalue weighted by Gasteiger charge is 2.43. The largest absolute Gasteiger partial charge is 0.462 e. The summed E-state index contributed by atoms with van der Waals surface area (Å²) in [6, 6.07) is 0. The van der Waals surface area contributed by atoms with Crippen molar-refractivity contribution >= 4 is 17.8 Å². The average Bonchev–Trinajstić information content (AvgIpc) is 2.70. The van der Waals surface area contributed by atoms with E-state index in [1.807, 2.05) is 0 Å². The fraction of sp³-hybridized carbons (Fsp3) is 0.708. The Hall–Kier alpha value is -2.19. The summed E-state index contributed by atoms with van der Waals surface area (Å²) in [7, 11) is 0. The molecule has 0 aromatic carbocycles. The number of carbonyl (C=O) groups is 3. The van der Waals surface area contributed by atoms with Gasteiger partial charge in [0.05, 0.1) is 25.7 Å². The predicted octanol–water partition coefficient (Wildman–Crippen LogP) is 2.52. The molecule has 0 radical (unpaired) electrons. The van der Waals surface area contributed by atoms with Crippen molar-refractivity contribution in [3.8, 4) is 0 Å². The summed E-state index contributed by atoms with van der Waals surface area (Å²) in [6.07, 6.45) is 4.78. The second-order valence-electron chi connectivity index (χ2n) is 10.2. The fourth-order valence-corrected chi connectivity index (χ4v) is 4.43. The summed E-state index contributed by atoms with van der Waals surface area (Å²) in [5.74, 6) is -1.54. The summed E-state index contributed by atoms with van der Waals surface area (Å²) in [4.78, 5) is 35.9. The minimum Gasteiger partial charge on any atom is -0.462 e. The SMILES string of the molecule is C=CC(=O)OCC(COC(=O)C=C)COC(C)(C)C(=O)NC1(C)CC(CN)CC(C)(C)C1. The lowest BCUT2D eigenvalue weighted by Gasteiger charge is -2.47. The minimum absolute atomic E-state index is 0.0445. The molecule has 1 aliphatic rings. The number of carbonyl (C=O) groups excluding carboxylic acids is 3. The molecule has 0 aliphatic heterocycles. The third-order valence-corrected chi connectivity index (χ3v) is 5.68. The maximum Gasteiger partial charge on any atom is 0.330 e. The first-order valence-electron chi connectivity index (χ1n) is 11.0. The van der Waals surface area contributed by atoms with E-state index in [2.05, 4.69) is 39.2 Å². The van der Waals surface area contributed by atoms with E-state index in [9.17, 15) is 14.4 Å². The molecule has 8 heteroatoms. The van der Waals surface area contributed by atoms with Gasteiger partial charge in [-0.3, -0.25) is 4.79 Å². The Kier molecular flexibility index (Phi) is 10.1. The molecule has 0 aromatic rings. The van der Waals surface area contributed by atoms with E-state index >= 15 is 0 Å². The molecule has 0 bridgehead atoms. The lowest BCUT2D eigenvalue weighted by molar-refractivity contribution is -0.154. The summed E-state index contributed by atoms with van der Waals surface area (Å²) >= 11 is 0. The van der Waals surface area contributed by atoms with Gasteiger partial charge in [0.15, 0.2) is 0 Å². The van der Waals surface area contributed by atoms with Gasteiger partial charge in [0.2, 0.25) is 0 Å². The standard InChI is InChI=1S/C24H40N2O6/c1-8-19(27)30-13-18(14-31-20(28)9-2)15-32-23(5,6)21(29)26-24(7)11-17(12-25)10-22(3,4)16-24/h8-9,17-18H,1-2,10-16,25H2,3-7H3,(H,26,29). The highest BCUT2D eigenvalue weighted by Crippen LogP contribution is 2.43. The topological polar surface area (TPSA) is 117 Å². The summed E-state index contributed by atoms with van der Waals surface area (Å²) in [5, 5.41) is 3.18. The normalized spacial score (nSPS) is 22.7. The second-order valence-corrected chi connectivity index (χ2v) is 10.2. The van der Waals surface area contributed by atoms with E-state index in [4.69, 9.17) is 19.9 Å². The average molecular weight is 453 g/mol. The molecule has 32 heavy (non-hydrogen) atoms. The maximum atomic E-state index is 13.1. The molecule has 1 saturated carbocycles. The molecular formula is C24H40N2O6. The van der Waals surface area contributed by atoms with Crippen LogP contribution in [0.15, 0.2) is 25.3 Å². The van der Waals surface area contributed by atoms with E-state index in [1.165, 1.54) is 0 Å². The van der Waals surface area contributed by atoms with Gasteiger partial charge in [-0.2, -0.15) is 0 Å². The first-order valence-corrected chi connectivity index (χ1v) is 11.0. The molecule has 8 nitrogen and oxygen atoms in total. The van der Waals surface area contributed by atoms with E-state index in [0.717, 1.165) is 31.4 Å². The zero-order chi connectivity index (χ0) is 24.6. The molecule has 1 amide bonds. The lowest BCUT2D eigenvalue weighted by atomic mass is 9.64. The van der Waals surface area contributed by atoms with E-state index in [-0.39, 0.29) is 36.7 Å². The van der Waals surface area contributed by atoms with Crippen molar-refractivity contribution in [1.29, 1.82) is 0 Å². The van der Waals surface area contributed by atoms with Crippen LogP contribution >= 0.6 is 0 Å². The first kappa shape index (κ1) is 27.8. The van der Waals surface area contributed by atoms with Crippen LogP contribution in [0.25, 0.3) is 0 Å². The molecule has 0 heterocycles. The van der Waals surface area contributed by atoms with Crippen LogP contribution in [-0.4, -0.2) is 55.4 Å². The number of nitrogens with one attached hydrogen (secondary N) is 1. The Balaban J connectivity index is 2.78. The van der Waals surface area contributed by atoms with Gasteiger partial charge in [0, 0.05) is 17.7 Å². The number of hydrogen-bond donors (Lipinski definition) is 2. The van der Waals surface area contributed by atoms with Gasteiger partial charge < -0.3 is 25.3 Å². The fourth-order valence-electron chi connectivity index (χ4n) is 4.43. The highest BCUT2D eigenvalue weighted by molar-refractivity contribution is 5.85. The molecule has 0 spiro atoms. The van der Waals surface area contributed by atoms with Crippen molar-refractivity contribution in [2.24, 2.45) is 23.0 Å². The van der Waals surface area contributed by atoms with Crippen LogP contribution < -0.4 is 11.1 Å². The third kappa shape index (κ3) is 9.12. The van der Waals surface area contributed by atoms with Crippen LogP contribution in [0.3, 0.4) is 0 Å². The van der Waals surface area contributed by atoms with Crippen molar-refractivity contribution in [3.05, 3.63) is 25.3 Å². The van der Waals surface area contributed by atoms with Crippen molar-refractivity contribution in [3.63, 3.8) is 0 Å². The summed E-state index contributed by atoms with van der Waals surface area (Å²) < 4.78 is 16.0. The predicted molar refractivity (Wildman–Crippen MR) is 123 cm³/mol. The molecule has 3 N–H and O–H groups in total. The molecule has 0 saturated heterocycles. The van der Waals surface area contributed by atoms with Crippen molar-refractivity contribution in [2.45, 2.75) is 65.0 Å². The van der Waals surface area contributed by atoms with Crippen LogP contribution in [0.5, 0.6) is 0 Å². The summed E-state index contributed by atoms with van der Waals surface area (Å²) in [6.45, 7) is 17.1. The smallest absolute Gasteiger partial charge is 0.330 e. The van der Waals surface area contributed by atoms with Crippen LogP contribution in [-0.2, 0) is 28.6 Å². The second kappa shape index (κ2) is 11.6. The molecule has 0 aromatic heterocycles. The van der Waals surface area contributed by atoms with Gasteiger partial charge in [0.25, 0.3) is 5.91 Å². The number of hydrogen-bond acceptors (Lipinski definition) is 7. The monoisotopic (exact) mass is 452 g/mol. The Morgan fingerprint density at radius 2 is 1.59 bits per heavy atom. The maximum absolute atomic E-state index is 13.1. The van der Waals surface area contributed by atoms with E-state index in [1.54, 1.807) is 13.8 Å². The van der Waals surface area contributed by atoms with Crippen LogP contribution in [0.2, 0.25) is 0 Å². The van der Waals surface area contributed by atoms with Gasteiger partial charge in [-0.15, -0.1) is 0 Å². The highest BCUT2D eigenvalue weighted by atomic mass is 16.6. The molecule has 1 aliphatic carbocycles. The molecule has 2 atom stereocenters. The minimum atomic E-state index is -1.15. The van der Waals surface area contributed by atoms with Crippen molar-refractivity contribution in [1.82, 2.24) is 5.32 Å². The van der Waals surface area contributed by atoms with Gasteiger partial charge in [-0.05, 0) is 57.9 Å². The van der Waals surface area contributed by atoms with Crippen LogP contribution in [0.4, 0.5) is 0 Å². The quantitative estimate of drug-likeness (QED) is 0.345. The number of rotatable bonds is 12. The molecule has 1 fully saturated rings. The van der Waals surface area contributed by atoms with Gasteiger partial charge in [-0.1, -0.05) is 27.0 Å². The molecule has 1 rings (SSSR count). The van der Waals surface area contributed by atoms with Gasteiger partial charge in [-0.25, -0.2) is 9.59 Å².